The van der Waals surface area contributed by atoms with Gasteiger partial charge in [-0.2, -0.15) is 0 Å². The molecule has 1 aliphatic carbocycles. The summed E-state index contributed by atoms with van der Waals surface area (Å²) in [7, 11) is 0. The number of hydrogen-bond acceptors (Lipinski definition) is 1. The Morgan fingerprint density at radius 1 is 1.43 bits per heavy atom. The highest BCUT2D eigenvalue weighted by Gasteiger charge is 2.28. The fourth-order valence-corrected chi connectivity index (χ4v) is 2.31. The Labute approximate surface area is 91.4 Å². The summed E-state index contributed by atoms with van der Waals surface area (Å²) in [6.45, 7) is 1.93. The minimum atomic E-state index is -0.236. The second-order valence-electron chi connectivity index (χ2n) is 3.72. The number of halogens is 2. The maximum absolute atomic E-state index is 12.9. The summed E-state index contributed by atoms with van der Waals surface area (Å²) in [5.74, 6) is 0.440. The maximum atomic E-state index is 12.9. The first-order chi connectivity index (χ1) is 6.65. The van der Waals surface area contributed by atoms with Crippen LogP contribution in [0.5, 0.6) is 5.75 Å². The van der Waals surface area contributed by atoms with Crippen molar-refractivity contribution in [2.75, 3.05) is 0 Å². The van der Waals surface area contributed by atoms with Gasteiger partial charge in [-0.05, 0) is 31.4 Å². The molecule has 0 N–H and O–H groups in total. The Balaban J connectivity index is 2.05. The first-order valence-electron chi connectivity index (χ1n) is 4.72. The third-order valence-electron chi connectivity index (χ3n) is 2.48. The molecule has 1 saturated carbocycles. The molecule has 0 saturated heterocycles. The van der Waals surface area contributed by atoms with Gasteiger partial charge in [0.25, 0.3) is 0 Å². The molecule has 0 bridgehead atoms. The molecule has 14 heavy (non-hydrogen) atoms. The lowest BCUT2D eigenvalue weighted by atomic mass is 9.96. The van der Waals surface area contributed by atoms with E-state index < -0.39 is 0 Å². The molecule has 0 radical (unpaired) electrons. The summed E-state index contributed by atoms with van der Waals surface area (Å²) in [4.78, 5) is 0.571. The summed E-state index contributed by atoms with van der Waals surface area (Å²) in [5.41, 5.74) is 0.990. The Morgan fingerprint density at radius 3 is 2.79 bits per heavy atom. The summed E-state index contributed by atoms with van der Waals surface area (Å²) < 4.78 is 18.6. The van der Waals surface area contributed by atoms with Crippen LogP contribution in [0.2, 0.25) is 0 Å². The number of alkyl halides is 1. The van der Waals surface area contributed by atoms with E-state index in [-0.39, 0.29) is 11.9 Å². The van der Waals surface area contributed by atoms with Gasteiger partial charge in [0.15, 0.2) is 0 Å². The lowest BCUT2D eigenvalue weighted by molar-refractivity contribution is 0.127. The van der Waals surface area contributed by atoms with Crippen LogP contribution < -0.4 is 4.74 Å². The molecule has 0 aromatic heterocycles. The summed E-state index contributed by atoms with van der Waals surface area (Å²) in [6.07, 6.45) is 2.27. The molecule has 3 heteroatoms. The van der Waals surface area contributed by atoms with E-state index in [9.17, 15) is 4.39 Å². The normalized spacial score (nSPS) is 25.6. The highest BCUT2D eigenvalue weighted by Crippen LogP contribution is 2.32. The topological polar surface area (TPSA) is 9.23 Å². The highest BCUT2D eigenvalue weighted by molar-refractivity contribution is 9.09. The maximum Gasteiger partial charge on any atom is 0.126 e. The average Bonchev–Trinajstić information content (AvgIpc) is 2.09. The number of aryl methyl sites for hydroxylation is 1. The van der Waals surface area contributed by atoms with Gasteiger partial charge in [0, 0.05) is 10.9 Å². The average molecular weight is 259 g/mol. The molecule has 0 unspecified atom stereocenters. The second-order valence-corrected chi connectivity index (χ2v) is 5.01. The zero-order valence-electron chi connectivity index (χ0n) is 7.97. The van der Waals surface area contributed by atoms with Crippen molar-refractivity contribution in [3.8, 4) is 5.75 Å². The molecule has 0 atom stereocenters. The van der Waals surface area contributed by atoms with E-state index in [1.165, 1.54) is 12.1 Å². The lowest BCUT2D eigenvalue weighted by Crippen LogP contribution is -2.34. The summed E-state index contributed by atoms with van der Waals surface area (Å²) in [5, 5.41) is 0. The van der Waals surface area contributed by atoms with Crippen molar-refractivity contribution in [1.82, 2.24) is 0 Å². The van der Waals surface area contributed by atoms with Gasteiger partial charge in [-0.1, -0.05) is 22.0 Å². The van der Waals surface area contributed by atoms with Crippen molar-refractivity contribution in [3.63, 3.8) is 0 Å². The predicted octanol–water partition coefficient (Wildman–Crippen LogP) is 3.44. The van der Waals surface area contributed by atoms with Gasteiger partial charge >= 0.3 is 0 Å². The van der Waals surface area contributed by atoms with E-state index in [2.05, 4.69) is 15.9 Å². The van der Waals surface area contributed by atoms with Gasteiger partial charge < -0.3 is 4.74 Å². The largest absolute Gasteiger partial charge is 0.490 e. The van der Waals surface area contributed by atoms with Gasteiger partial charge in [-0.3, -0.25) is 0 Å². The molecule has 1 aromatic rings. The SMILES string of the molecule is Cc1ccc(F)cc1OC1CC(Br)C1. The molecule has 0 aliphatic heterocycles. The zero-order chi connectivity index (χ0) is 10.1. The van der Waals surface area contributed by atoms with Crippen LogP contribution in [0.3, 0.4) is 0 Å². The zero-order valence-corrected chi connectivity index (χ0v) is 9.55. The molecule has 1 aromatic carbocycles. The number of hydrogen-bond donors (Lipinski definition) is 0. The standard InChI is InChI=1S/C11H12BrFO/c1-7-2-3-9(13)6-11(7)14-10-4-8(12)5-10/h2-3,6,8,10H,4-5H2,1H3. The van der Waals surface area contributed by atoms with E-state index in [0.717, 1.165) is 18.4 Å². The predicted molar refractivity (Wildman–Crippen MR) is 57.5 cm³/mol. The first-order valence-corrected chi connectivity index (χ1v) is 5.63. The molecular weight excluding hydrogens is 247 g/mol. The van der Waals surface area contributed by atoms with Crippen LogP contribution in [0.1, 0.15) is 18.4 Å². The second kappa shape index (κ2) is 3.89. The van der Waals surface area contributed by atoms with Crippen LogP contribution in [0, 0.1) is 12.7 Å². The molecule has 1 aliphatic rings. The van der Waals surface area contributed by atoms with Crippen LogP contribution >= 0.6 is 15.9 Å². The number of rotatable bonds is 2. The van der Waals surface area contributed by atoms with E-state index in [0.29, 0.717) is 10.6 Å². The van der Waals surface area contributed by atoms with Gasteiger partial charge in [0.05, 0.1) is 0 Å². The van der Waals surface area contributed by atoms with E-state index in [4.69, 9.17) is 4.74 Å². The fraction of sp³-hybridized carbons (Fsp3) is 0.455. The quantitative estimate of drug-likeness (QED) is 0.739. The molecule has 1 nitrogen and oxygen atoms in total. The van der Waals surface area contributed by atoms with Crippen LogP contribution in [0.15, 0.2) is 18.2 Å². The number of benzene rings is 1. The first kappa shape index (κ1) is 9.97. The van der Waals surface area contributed by atoms with Crippen LogP contribution in [-0.4, -0.2) is 10.9 Å². The number of ether oxygens (including phenoxy) is 1. The van der Waals surface area contributed by atoms with Crippen molar-refractivity contribution in [2.45, 2.75) is 30.7 Å². The highest BCUT2D eigenvalue weighted by atomic mass is 79.9. The third-order valence-corrected chi connectivity index (χ3v) is 3.23. The summed E-state index contributed by atoms with van der Waals surface area (Å²) >= 11 is 3.49. The smallest absolute Gasteiger partial charge is 0.126 e. The van der Waals surface area contributed by atoms with Gasteiger partial charge in [0.2, 0.25) is 0 Å². The summed E-state index contributed by atoms with van der Waals surface area (Å²) in [6, 6.07) is 4.65. The molecule has 2 rings (SSSR count). The molecule has 0 amide bonds. The van der Waals surface area contributed by atoms with E-state index >= 15 is 0 Å². The molecule has 0 spiro atoms. The minimum absolute atomic E-state index is 0.236. The van der Waals surface area contributed by atoms with Gasteiger partial charge in [-0.25, -0.2) is 4.39 Å². The van der Waals surface area contributed by atoms with Crippen molar-refractivity contribution in [1.29, 1.82) is 0 Å². The van der Waals surface area contributed by atoms with Crippen LogP contribution in [0.4, 0.5) is 4.39 Å². The van der Waals surface area contributed by atoms with Crippen LogP contribution in [0.25, 0.3) is 0 Å². The third kappa shape index (κ3) is 2.08. The molecule has 1 fully saturated rings. The Bertz CT molecular complexity index is 334. The molecule has 0 heterocycles. The Morgan fingerprint density at radius 2 is 2.14 bits per heavy atom. The van der Waals surface area contributed by atoms with Gasteiger partial charge in [-0.15, -0.1) is 0 Å². The molecule has 76 valence electrons. The van der Waals surface area contributed by atoms with Crippen molar-refractivity contribution < 1.29 is 9.13 Å². The van der Waals surface area contributed by atoms with Crippen molar-refractivity contribution in [2.24, 2.45) is 0 Å². The van der Waals surface area contributed by atoms with Crippen LogP contribution in [-0.2, 0) is 0 Å². The van der Waals surface area contributed by atoms with E-state index in [1.54, 1.807) is 6.07 Å². The van der Waals surface area contributed by atoms with Crippen molar-refractivity contribution in [3.05, 3.63) is 29.6 Å². The Kier molecular flexibility index (Phi) is 2.77. The Hall–Kier alpha value is -0.570. The van der Waals surface area contributed by atoms with Crippen molar-refractivity contribution >= 4 is 15.9 Å². The monoisotopic (exact) mass is 258 g/mol. The minimum Gasteiger partial charge on any atom is -0.490 e. The van der Waals surface area contributed by atoms with Gasteiger partial charge in [0.1, 0.15) is 17.7 Å². The lowest BCUT2D eigenvalue weighted by Gasteiger charge is -2.32. The van der Waals surface area contributed by atoms with E-state index in [1.807, 2.05) is 6.92 Å². The molecular formula is C11H12BrFO. The fourth-order valence-electron chi connectivity index (χ4n) is 1.48.